The molecule has 1 rings (SSSR count). The van der Waals surface area contributed by atoms with E-state index in [1.807, 2.05) is 41.5 Å². The second kappa shape index (κ2) is 5.85. The summed E-state index contributed by atoms with van der Waals surface area (Å²) in [5.74, 6) is 0.106. The Balaban J connectivity index is 3.88. The average Bonchev–Trinajstić information content (AvgIpc) is 2.28. The summed E-state index contributed by atoms with van der Waals surface area (Å²) in [6, 6.07) is 6.37. The highest BCUT2D eigenvalue weighted by atomic mass is 32.2. The molecule has 0 aliphatic rings. The number of phenolic OH excluding ortho intramolecular Hbond substituents is 1. The van der Waals surface area contributed by atoms with Gasteiger partial charge in [0.15, 0.2) is 0 Å². The first-order valence-corrected chi connectivity index (χ1v) is 8.90. The fraction of sp³-hybridized carbons (Fsp3) is 0.647. The first-order chi connectivity index (χ1) is 9.81. The highest BCUT2D eigenvalue weighted by Crippen LogP contribution is 2.57. The molecule has 0 bridgehead atoms. The summed E-state index contributed by atoms with van der Waals surface area (Å²) < 4.78 is 30.3. The number of hydrogen-bond acceptors (Lipinski definition) is 4. The van der Waals surface area contributed by atoms with Crippen LogP contribution < -0.4 is 0 Å². The Bertz CT molecular complexity index is 588. The molecule has 0 aliphatic carbocycles. The minimum atomic E-state index is -3.90. The van der Waals surface area contributed by atoms with Gasteiger partial charge in [0.05, 0.1) is 6.61 Å². The van der Waals surface area contributed by atoms with Gasteiger partial charge in [-0.1, -0.05) is 53.7 Å². The van der Waals surface area contributed by atoms with Crippen molar-refractivity contribution < 1.29 is 17.7 Å². The van der Waals surface area contributed by atoms with Gasteiger partial charge in [-0.15, -0.1) is 0 Å². The molecule has 0 fully saturated rings. The predicted molar refractivity (Wildman–Crippen MR) is 89.2 cm³/mol. The second-order valence-corrected chi connectivity index (χ2v) is 9.35. The lowest BCUT2D eigenvalue weighted by Crippen LogP contribution is -2.56. The fourth-order valence-electron chi connectivity index (χ4n) is 3.83. The molecule has 0 aliphatic heterocycles. The molecule has 1 aromatic rings. The van der Waals surface area contributed by atoms with E-state index in [0.29, 0.717) is 5.56 Å². The number of hydrogen-bond donors (Lipinski definition) is 1. The van der Waals surface area contributed by atoms with Crippen LogP contribution in [0, 0.1) is 10.8 Å². The summed E-state index contributed by atoms with van der Waals surface area (Å²) in [6.07, 6.45) is 0. The van der Waals surface area contributed by atoms with Crippen LogP contribution in [0.3, 0.4) is 0 Å². The monoisotopic (exact) mass is 328 g/mol. The van der Waals surface area contributed by atoms with Gasteiger partial charge in [0, 0.05) is 0 Å². The SMILES string of the molecule is CCOS(=O)(=O)C(c1ccc(O)cc1)(C(C)(C)C)C(C)(C)C. The van der Waals surface area contributed by atoms with Crippen molar-refractivity contribution in [1.82, 2.24) is 0 Å². The van der Waals surface area contributed by atoms with E-state index in [2.05, 4.69) is 0 Å². The number of phenols is 1. The first-order valence-electron chi connectivity index (χ1n) is 7.49. The second-order valence-electron chi connectivity index (χ2n) is 7.59. The fourth-order valence-corrected chi connectivity index (χ4v) is 6.24. The van der Waals surface area contributed by atoms with Crippen LogP contribution in [0.1, 0.15) is 54.0 Å². The molecule has 0 spiro atoms. The molecule has 0 radical (unpaired) electrons. The highest BCUT2D eigenvalue weighted by Gasteiger charge is 2.61. The molecule has 0 aromatic heterocycles. The van der Waals surface area contributed by atoms with Crippen molar-refractivity contribution >= 4 is 10.1 Å². The van der Waals surface area contributed by atoms with Gasteiger partial charge in [0.25, 0.3) is 10.1 Å². The molecule has 22 heavy (non-hydrogen) atoms. The third-order valence-electron chi connectivity index (χ3n) is 4.03. The van der Waals surface area contributed by atoms with E-state index in [4.69, 9.17) is 4.18 Å². The molecule has 4 nitrogen and oxygen atoms in total. The van der Waals surface area contributed by atoms with Crippen molar-refractivity contribution in [1.29, 1.82) is 0 Å². The summed E-state index contributed by atoms with van der Waals surface area (Å²) in [5, 5.41) is 9.55. The summed E-state index contributed by atoms with van der Waals surface area (Å²) in [4.78, 5) is 0. The zero-order valence-electron chi connectivity index (χ0n) is 14.6. The molecular formula is C17H28O4S. The van der Waals surface area contributed by atoms with Crippen LogP contribution in [-0.4, -0.2) is 20.1 Å². The molecule has 0 saturated heterocycles. The molecule has 0 atom stereocenters. The van der Waals surface area contributed by atoms with Crippen molar-refractivity contribution in [2.24, 2.45) is 10.8 Å². The molecule has 0 amide bonds. The number of rotatable bonds is 4. The third kappa shape index (κ3) is 2.88. The summed E-state index contributed by atoms with van der Waals surface area (Å²) in [6.45, 7) is 13.2. The number of benzene rings is 1. The minimum Gasteiger partial charge on any atom is -0.508 e. The van der Waals surface area contributed by atoms with E-state index in [0.717, 1.165) is 0 Å². The van der Waals surface area contributed by atoms with Crippen LogP contribution in [0.15, 0.2) is 24.3 Å². The topological polar surface area (TPSA) is 63.6 Å². The van der Waals surface area contributed by atoms with Gasteiger partial charge >= 0.3 is 0 Å². The normalized spacial score (nSPS) is 14.1. The van der Waals surface area contributed by atoms with Crippen molar-refractivity contribution in [3.63, 3.8) is 0 Å². The Morgan fingerprint density at radius 1 is 0.955 bits per heavy atom. The summed E-state index contributed by atoms with van der Waals surface area (Å²) >= 11 is 0. The van der Waals surface area contributed by atoms with E-state index >= 15 is 0 Å². The zero-order chi connectivity index (χ0) is 17.4. The van der Waals surface area contributed by atoms with Crippen molar-refractivity contribution in [2.45, 2.75) is 53.2 Å². The molecule has 5 heteroatoms. The maximum Gasteiger partial charge on any atom is 0.278 e. The van der Waals surface area contributed by atoms with Gasteiger partial charge < -0.3 is 5.11 Å². The Kier molecular flexibility index (Phi) is 5.05. The van der Waals surface area contributed by atoms with Crippen LogP contribution >= 0.6 is 0 Å². The molecule has 1 aromatic carbocycles. The van der Waals surface area contributed by atoms with Gasteiger partial charge in [-0.05, 0) is 35.4 Å². The van der Waals surface area contributed by atoms with E-state index in [9.17, 15) is 13.5 Å². The van der Waals surface area contributed by atoms with Crippen molar-refractivity contribution in [3.05, 3.63) is 29.8 Å². The Morgan fingerprint density at radius 2 is 1.36 bits per heavy atom. The Morgan fingerprint density at radius 3 is 1.68 bits per heavy atom. The quantitative estimate of drug-likeness (QED) is 0.847. The smallest absolute Gasteiger partial charge is 0.278 e. The molecule has 0 unspecified atom stereocenters. The Hall–Kier alpha value is -1.07. The first kappa shape index (κ1) is 19.0. The largest absolute Gasteiger partial charge is 0.508 e. The maximum absolute atomic E-state index is 13.1. The van der Waals surface area contributed by atoms with Crippen LogP contribution in [-0.2, 0) is 19.0 Å². The lowest BCUT2D eigenvalue weighted by atomic mass is 9.62. The zero-order valence-corrected chi connectivity index (χ0v) is 15.4. The van der Waals surface area contributed by atoms with Gasteiger partial charge in [-0.2, -0.15) is 8.42 Å². The third-order valence-corrected chi connectivity index (χ3v) is 6.79. The van der Waals surface area contributed by atoms with Gasteiger partial charge in [-0.25, -0.2) is 0 Å². The number of aromatic hydroxyl groups is 1. The van der Waals surface area contributed by atoms with Crippen LogP contribution in [0.4, 0.5) is 0 Å². The highest BCUT2D eigenvalue weighted by molar-refractivity contribution is 7.87. The lowest BCUT2D eigenvalue weighted by Gasteiger charge is -2.51. The van der Waals surface area contributed by atoms with Gasteiger partial charge in [0.1, 0.15) is 10.5 Å². The van der Waals surface area contributed by atoms with E-state index < -0.39 is 25.7 Å². The standard InChI is InChI=1S/C17H28O4S/c1-8-21-22(19,20)17(15(2,3)4,16(5,6)7)13-9-11-14(18)12-10-13/h9-12,18H,8H2,1-7H3. The molecule has 1 N–H and O–H groups in total. The van der Waals surface area contributed by atoms with Crippen molar-refractivity contribution in [3.8, 4) is 5.75 Å². The average molecular weight is 328 g/mol. The summed E-state index contributed by atoms with van der Waals surface area (Å²) in [5.41, 5.74) is -0.606. The van der Waals surface area contributed by atoms with Crippen LogP contribution in [0.25, 0.3) is 0 Å². The van der Waals surface area contributed by atoms with Crippen molar-refractivity contribution in [2.75, 3.05) is 6.61 Å². The maximum atomic E-state index is 13.1. The molecule has 0 saturated carbocycles. The van der Waals surface area contributed by atoms with Gasteiger partial charge in [-0.3, -0.25) is 4.18 Å². The molecular weight excluding hydrogens is 300 g/mol. The molecule has 126 valence electrons. The lowest BCUT2D eigenvalue weighted by molar-refractivity contribution is 0.112. The summed E-state index contributed by atoms with van der Waals surface area (Å²) in [7, 11) is -3.90. The van der Waals surface area contributed by atoms with Crippen LogP contribution in [0.5, 0.6) is 5.75 Å². The van der Waals surface area contributed by atoms with E-state index in [-0.39, 0.29) is 12.4 Å². The minimum absolute atomic E-state index is 0.0916. The molecule has 0 heterocycles. The Labute approximate surface area is 134 Å². The van der Waals surface area contributed by atoms with E-state index in [1.165, 1.54) is 12.1 Å². The van der Waals surface area contributed by atoms with E-state index in [1.54, 1.807) is 19.1 Å². The van der Waals surface area contributed by atoms with Gasteiger partial charge in [0.2, 0.25) is 0 Å². The van der Waals surface area contributed by atoms with Crippen LogP contribution in [0.2, 0.25) is 0 Å². The predicted octanol–water partition coefficient (Wildman–Crippen LogP) is 4.05.